The van der Waals surface area contributed by atoms with Gasteiger partial charge in [-0.25, -0.2) is 4.79 Å². The number of likely N-dealkylation sites (N-methyl/N-ethyl adjacent to an activating group) is 1. The number of aromatic nitrogens is 2. The maximum absolute atomic E-state index is 12.9. The molecule has 2 saturated heterocycles. The number of urea groups is 1. The van der Waals surface area contributed by atoms with Gasteiger partial charge in [-0.05, 0) is 61.7 Å². The number of piperazine rings is 1. The van der Waals surface area contributed by atoms with Crippen LogP contribution in [0.4, 0.5) is 4.79 Å². The Balaban J connectivity index is 1.34. The Morgan fingerprint density at radius 1 is 0.968 bits per heavy atom. The molecule has 2 aromatic heterocycles. The van der Waals surface area contributed by atoms with Gasteiger partial charge in [-0.15, -0.1) is 0 Å². The number of hydrogen-bond donors (Lipinski definition) is 0. The Morgan fingerprint density at radius 2 is 1.65 bits per heavy atom. The molecule has 0 spiro atoms. The number of carbonyl (C=O) groups excluding carboxylic acids is 1. The van der Waals surface area contributed by atoms with Gasteiger partial charge in [0.25, 0.3) is 0 Å². The van der Waals surface area contributed by atoms with E-state index in [1.807, 2.05) is 46.5 Å². The highest BCUT2D eigenvalue weighted by Crippen LogP contribution is 2.35. The smallest absolute Gasteiger partial charge is 0.320 e. The number of rotatable bonds is 2. The highest BCUT2D eigenvalue weighted by molar-refractivity contribution is 6.30. The molecule has 0 aliphatic carbocycles. The average molecular weight is 438 g/mol. The quantitative estimate of drug-likeness (QED) is 0.602. The summed E-state index contributed by atoms with van der Waals surface area (Å²) in [7, 11) is 2.11. The molecule has 0 unspecified atom stereocenters. The molecule has 0 saturated carbocycles. The van der Waals surface area contributed by atoms with Crippen molar-refractivity contribution < 1.29 is 4.79 Å². The van der Waals surface area contributed by atoms with E-state index < -0.39 is 0 Å². The van der Waals surface area contributed by atoms with Crippen molar-refractivity contribution in [2.45, 2.75) is 18.8 Å². The van der Waals surface area contributed by atoms with Gasteiger partial charge in [-0.1, -0.05) is 11.6 Å². The molecule has 0 radical (unpaired) electrons. The zero-order chi connectivity index (χ0) is 21.4. The molecule has 4 heterocycles. The van der Waals surface area contributed by atoms with Gasteiger partial charge < -0.3 is 19.3 Å². The topological polar surface area (TPSA) is 44.6 Å². The van der Waals surface area contributed by atoms with Crippen LogP contribution in [0.25, 0.3) is 16.6 Å². The zero-order valence-corrected chi connectivity index (χ0v) is 18.6. The van der Waals surface area contributed by atoms with Crippen LogP contribution in [0.15, 0.2) is 48.9 Å². The van der Waals surface area contributed by atoms with Crippen LogP contribution in [0.2, 0.25) is 5.02 Å². The highest BCUT2D eigenvalue weighted by Gasteiger charge is 2.29. The number of piperidine rings is 1. The summed E-state index contributed by atoms with van der Waals surface area (Å²) in [6, 6.07) is 10.2. The number of halogens is 1. The molecule has 2 aliphatic heterocycles. The van der Waals surface area contributed by atoms with Gasteiger partial charge in [0.2, 0.25) is 0 Å². The maximum Gasteiger partial charge on any atom is 0.320 e. The van der Waals surface area contributed by atoms with Crippen molar-refractivity contribution in [1.29, 1.82) is 0 Å². The molecule has 3 aromatic rings. The van der Waals surface area contributed by atoms with Crippen LogP contribution in [0.3, 0.4) is 0 Å². The van der Waals surface area contributed by atoms with Gasteiger partial charge in [0.05, 0.1) is 11.7 Å². The number of benzene rings is 1. The maximum atomic E-state index is 12.9. The van der Waals surface area contributed by atoms with Gasteiger partial charge in [0, 0.05) is 67.8 Å². The van der Waals surface area contributed by atoms with E-state index in [1.54, 1.807) is 0 Å². The van der Waals surface area contributed by atoms with Crippen LogP contribution in [0.1, 0.15) is 24.3 Å². The Labute approximate surface area is 188 Å². The number of nitrogens with zero attached hydrogens (tertiary/aromatic N) is 5. The van der Waals surface area contributed by atoms with E-state index >= 15 is 0 Å². The molecule has 0 N–H and O–H groups in total. The molecule has 2 fully saturated rings. The fourth-order valence-electron chi connectivity index (χ4n) is 4.82. The average Bonchev–Trinajstić information content (AvgIpc) is 3.19. The lowest BCUT2D eigenvalue weighted by atomic mass is 9.89. The third kappa shape index (κ3) is 4.02. The minimum atomic E-state index is 0.208. The SMILES string of the molecule is CN1CCN(C(=O)N2CCC(c3cn(-c4ccc(Cl)cc4)c4cnccc34)CC2)CC1. The number of hydrogen-bond acceptors (Lipinski definition) is 3. The molecule has 1 aromatic carbocycles. The predicted molar refractivity (Wildman–Crippen MR) is 124 cm³/mol. The molecule has 31 heavy (non-hydrogen) atoms. The molecule has 2 amide bonds. The summed E-state index contributed by atoms with van der Waals surface area (Å²) in [5.74, 6) is 0.440. The second-order valence-corrected chi connectivity index (χ2v) is 9.09. The normalized spacial score (nSPS) is 18.6. The van der Waals surface area contributed by atoms with E-state index in [4.69, 9.17) is 11.6 Å². The first-order valence-electron chi connectivity index (χ1n) is 11.0. The summed E-state index contributed by atoms with van der Waals surface area (Å²) in [5, 5.41) is 1.98. The standard InChI is InChI=1S/C24H28ClN5O/c1-27-12-14-29(15-13-27)24(31)28-10-7-18(8-11-28)22-17-30(20-4-2-19(25)3-5-20)23-16-26-9-6-21(22)23/h2-6,9,16-18H,7-8,10-15H2,1H3. The summed E-state index contributed by atoms with van der Waals surface area (Å²) in [6.45, 7) is 5.21. The summed E-state index contributed by atoms with van der Waals surface area (Å²) in [4.78, 5) is 23.6. The van der Waals surface area contributed by atoms with Crippen molar-refractivity contribution >= 4 is 28.5 Å². The number of pyridine rings is 1. The molecule has 162 valence electrons. The second-order valence-electron chi connectivity index (χ2n) is 8.66. The Kier molecular flexibility index (Phi) is 5.59. The summed E-state index contributed by atoms with van der Waals surface area (Å²) < 4.78 is 2.20. The zero-order valence-electron chi connectivity index (χ0n) is 17.9. The fourth-order valence-corrected chi connectivity index (χ4v) is 4.95. The molecule has 0 atom stereocenters. The molecule has 6 nitrogen and oxygen atoms in total. The lowest BCUT2D eigenvalue weighted by Crippen LogP contribution is -2.53. The van der Waals surface area contributed by atoms with Crippen LogP contribution in [-0.4, -0.2) is 76.6 Å². The minimum Gasteiger partial charge on any atom is -0.325 e. The molecule has 2 aliphatic rings. The second kappa shape index (κ2) is 8.52. The van der Waals surface area contributed by atoms with Crippen molar-refractivity contribution in [3.63, 3.8) is 0 Å². The van der Waals surface area contributed by atoms with Crippen LogP contribution >= 0.6 is 11.6 Å². The van der Waals surface area contributed by atoms with Crippen LogP contribution in [-0.2, 0) is 0 Å². The van der Waals surface area contributed by atoms with E-state index in [9.17, 15) is 4.79 Å². The van der Waals surface area contributed by atoms with Gasteiger partial charge in [-0.2, -0.15) is 0 Å². The van der Waals surface area contributed by atoms with Crippen molar-refractivity contribution in [1.82, 2.24) is 24.3 Å². The summed E-state index contributed by atoms with van der Waals surface area (Å²) in [6.07, 6.45) is 8.02. The van der Waals surface area contributed by atoms with E-state index in [0.29, 0.717) is 5.92 Å². The third-order valence-electron chi connectivity index (χ3n) is 6.72. The summed E-state index contributed by atoms with van der Waals surface area (Å²) in [5.41, 5.74) is 3.53. The fraction of sp³-hybridized carbons (Fsp3) is 0.417. The Bertz CT molecular complexity index is 1060. The molecule has 0 bridgehead atoms. The van der Waals surface area contributed by atoms with E-state index in [-0.39, 0.29) is 6.03 Å². The van der Waals surface area contributed by atoms with Crippen molar-refractivity contribution in [2.24, 2.45) is 0 Å². The lowest BCUT2D eigenvalue weighted by molar-refractivity contribution is 0.113. The van der Waals surface area contributed by atoms with Gasteiger partial charge in [0.15, 0.2) is 0 Å². The van der Waals surface area contributed by atoms with Crippen molar-refractivity contribution in [3.05, 3.63) is 59.5 Å². The summed E-state index contributed by atoms with van der Waals surface area (Å²) >= 11 is 6.09. The third-order valence-corrected chi connectivity index (χ3v) is 6.97. The van der Waals surface area contributed by atoms with Gasteiger partial charge in [-0.3, -0.25) is 4.98 Å². The van der Waals surface area contributed by atoms with Crippen LogP contribution < -0.4 is 0 Å². The van der Waals surface area contributed by atoms with E-state index in [2.05, 4.69) is 33.8 Å². The van der Waals surface area contributed by atoms with E-state index in [0.717, 1.165) is 68.3 Å². The number of fused-ring (bicyclic) bond motifs is 1. The first kappa shape index (κ1) is 20.3. The minimum absolute atomic E-state index is 0.208. The number of carbonyl (C=O) groups is 1. The number of amides is 2. The molecular weight excluding hydrogens is 410 g/mol. The first-order valence-corrected chi connectivity index (χ1v) is 11.4. The monoisotopic (exact) mass is 437 g/mol. The largest absolute Gasteiger partial charge is 0.325 e. The van der Waals surface area contributed by atoms with Gasteiger partial charge in [0.1, 0.15) is 0 Å². The van der Waals surface area contributed by atoms with Crippen LogP contribution in [0.5, 0.6) is 0 Å². The predicted octanol–water partition coefficient (Wildman–Crippen LogP) is 4.23. The van der Waals surface area contributed by atoms with Crippen molar-refractivity contribution in [3.8, 4) is 5.69 Å². The number of likely N-dealkylation sites (tertiary alicyclic amines) is 1. The van der Waals surface area contributed by atoms with Gasteiger partial charge >= 0.3 is 6.03 Å². The highest BCUT2D eigenvalue weighted by atomic mass is 35.5. The Morgan fingerprint density at radius 3 is 2.35 bits per heavy atom. The Hall–Kier alpha value is -2.57. The van der Waals surface area contributed by atoms with E-state index in [1.165, 1.54) is 10.9 Å². The van der Waals surface area contributed by atoms with Crippen molar-refractivity contribution in [2.75, 3.05) is 46.3 Å². The molecule has 7 heteroatoms. The van der Waals surface area contributed by atoms with Crippen LogP contribution in [0, 0.1) is 0 Å². The first-order chi connectivity index (χ1) is 15.1. The molecular formula is C24H28ClN5O. The lowest BCUT2D eigenvalue weighted by Gasteiger charge is -2.39. The molecule has 5 rings (SSSR count).